The van der Waals surface area contributed by atoms with Gasteiger partial charge >= 0.3 is 6.36 Å². The molecule has 0 unspecified atom stereocenters. The Balaban J connectivity index is 1.55. The van der Waals surface area contributed by atoms with Crippen molar-refractivity contribution in [2.75, 3.05) is 13.1 Å². The van der Waals surface area contributed by atoms with E-state index in [0.717, 1.165) is 24.3 Å². The van der Waals surface area contributed by atoms with Crippen molar-refractivity contribution >= 4 is 15.9 Å². The fraction of sp³-hybridized carbons (Fsp3) is 0.350. The number of nitrogens with zero attached hydrogens (tertiary/aromatic N) is 1. The summed E-state index contributed by atoms with van der Waals surface area (Å²) in [4.78, 5) is 12.2. The predicted octanol–water partition coefficient (Wildman–Crippen LogP) is 3.44. The monoisotopic (exact) mass is 460 g/mol. The molecule has 0 bridgehead atoms. The first-order valence-corrected chi connectivity index (χ1v) is 10.9. The molecule has 0 atom stereocenters. The molecule has 0 saturated carbocycles. The van der Waals surface area contributed by atoms with Crippen LogP contribution in [0.25, 0.3) is 0 Å². The minimum Gasteiger partial charge on any atom is -0.406 e. The van der Waals surface area contributed by atoms with Gasteiger partial charge in [0, 0.05) is 31.1 Å². The van der Waals surface area contributed by atoms with Gasteiger partial charge in [-0.1, -0.05) is 18.2 Å². The van der Waals surface area contributed by atoms with Crippen LogP contribution in [0, 0.1) is 11.7 Å². The number of benzene rings is 2. The Morgan fingerprint density at radius 2 is 1.68 bits per heavy atom. The fourth-order valence-electron chi connectivity index (χ4n) is 3.29. The maximum absolute atomic E-state index is 13.6. The number of sulfonamides is 1. The van der Waals surface area contributed by atoms with Crippen molar-refractivity contribution in [2.45, 2.75) is 30.6 Å². The van der Waals surface area contributed by atoms with Crippen LogP contribution in [0.5, 0.6) is 5.75 Å². The number of nitrogens with one attached hydrogen (secondary N) is 1. The largest absolute Gasteiger partial charge is 0.573 e. The molecule has 1 heterocycles. The normalized spacial score (nSPS) is 16.1. The predicted molar refractivity (Wildman–Crippen MR) is 103 cm³/mol. The number of carbonyl (C=O) groups excluding carboxylic acids is 1. The Bertz CT molecular complexity index is 1020. The number of rotatable bonds is 6. The van der Waals surface area contributed by atoms with Crippen molar-refractivity contribution in [3.8, 4) is 5.75 Å². The topological polar surface area (TPSA) is 75.7 Å². The highest BCUT2D eigenvalue weighted by Crippen LogP contribution is 2.27. The molecule has 1 aliphatic heterocycles. The summed E-state index contributed by atoms with van der Waals surface area (Å²) in [7, 11) is -3.92. The minimum atomic E-state index is -4.87. The number of hydrogen-bond donors (Lipinski definition) is 1. The highest BCUT2D eigenvalue weighted by Gasteiger charge is 2.33. The van der Waals surface area contributed by atoms with Crippen LogP contribution in [-0.4, -0.2) is 38.1 Å². The lowest BCUT2D eigenvalue weighted by atomic mass is 9.97. The van der Waals surface area contributed by atoms with Gasteiger partial charge in [0.05, 0.1) is 4.90 Å². The van der Waals surface area contributed by atoms with E-state index in [1.54, 1.807) is 18.2 Å². The van der Waals surface area contributed by atoms with Crippen LogP contribution in [0.3, 0.4) is 0 Å². The molecule has 6 nitrogen and oxygen atoms in total. The van der Waals surface area contributed by atoms with Gasteiger partial charge in [0.1, 0.15) is 11.6 Å². The molecule has 168 valence electrons. The fourth-order valence-corrected chi connectivity index (χ4v) is 4.76. The molecule has 0 spiro atoms. The van der Waals surface area contributed by atoms with E-state index < -0.39 is 33.9 Å². The zero-order valence-corrected chi connectivity index (χ0v) is 17.0. The van der Waals surface area contributed by atoms with Crippen molar-refractivity contribution in [1.82, 2.24) is 9.62 Å². The minimum absolute atomic E-state index is 0.0381. The van der Waals surface area contributed by atoms with E-state index in [1.165, 1.54) is 10.4 Å². The lowest BCUT2D eigenvalue weighted by molar-refractivity contribution is -0.274. The van der Waals surface area contributed by atoms with Crippen LogP contribution >= 0.6 is 0 Å². The van der Waals surface area contributed by atoms with Gasteiger partial charge in [0.15, 0.2) is 0 Å². The second kappa shape index (κ2) is 9.23. The quantitative estimate of drug-likeness (QED) is 0.671. The van der Waals surface area contributed by atoms with E-state index in [9.17, 15) is 30.8 Å². The van der Waals surface area contributed by atoms with Crippen LogP contribution < -0.4 is 10.1 Å². The first-order chi connectivity index (χ1) is 14.6. The third-order valence-corrected chi connectivity index (χ3v) is 6.84. The SMILES string of the molecule is O=C(NCc1ccccc1F)C1CCN(S(=O)(=O)c2ccc(OC(F)(F)F)cc2)CC1. The molecular formula is C20H20F4N2O4S. The summed E-state index contributed by atoms with van der Waals surface area (Å²) in [6, 6.07) is 10.0. The van der Waals surface area contributed by atoms with Gasteiger partial charge in [0.2, 0.25) is 15.9 Å². The standard InChI is InChI=1S/C20H20F4N2O4S/c21-18-4-2-1-3-15(18)13-25-19(27)14-9-11-26(12-10-14)31(28,29)17-7-5-16(6-8-17)30-20(22,23)24/h1-8,14H,9-13H2,(H,25,27). The molecule has 2 aromatic rings. The molecule has 1 amide bonds. The van der Waals surface area contributed by atoms with E-state index >= 15 is 0 Å². The lowest BCUT2D eigenvalue weighted by Crippen LogP contribution is -2.42. The molecule has 1 aliphatic rings. The lowest BCUT2D eigenvalue weighted by Gasteiger charge is -2.30. The third kappa shape index (κ3) is 5.95. The molecule has 1 fully saturated rings. The smallest absolute Gasteiger partial charge is 0.406 e. The summed E-state index contributed by atoms with van der Waals surface area (Å²) in [5, 5.41) is 2.67. The molecule has 0 aromatic heterocycles. The molecule has 0 radical (unpaired) electrons. The van der Waals surface area contributed by atoms with E-state index in [0.29, 0.717) is 5.56 Å². The molecule has 3 rings (SSSR count). The summed E-state index contributed by atoms with van der Waals surface area (Å²) in [6.45, 7) is 0.207. The van der Waals surface area contributed by atoms with Crippen LogP contribution in [0.4, 0.5) is 17.6 Å². The zero-order chi connectivity index (χ0) is 22.6. The van der Waals surface area contributed by atoms with Crippen molar-refractivity contribution in [3.63, 3.8) is 0 Å². The summed E-state index contributed by atoms with van der Waals surface area (Å²) < 4.78 is 80.8. The molecule has 0 aliphatic carbocycles. The van der Waals surface area contributed by atoms with Crippen molar-refractivity contribution < 1.29 is 35.5 Å². The Morgan fingerprint density at radius 1 is 1.06 bits per heavy atom. The van der Waals surface area contributed by atoms with E-state index in [4.69, 9.17) is 0 Å². The Labute approximate surface area is 176 Å². The first kappa shape index (κ1) is 23.0. The van der Waals surface area contributed by atoms with Crippen LogP contribution in [0.15, 0.2) is 53.4 Å². The summed E-state index contributed by atoms with van der Waals surface area (Å²) >= 11 is 0. The van der Waals surface area contributed by atoms with Crippen LogP contribution in [-0.2, 0) is 21.4 Å². The van der Waals surface area contributed by atoms with Gasteiger partial charge in [-0.3, -0.25) is 4.79 Å². The van der Waals surface area contributed by atoms with Crippen molar-refractivity contribution in [2.24, 2.45) is 5.92 Å². The van der Waals surface area contributed by atoms with Gasteiger partial charge in [-0.05, 0) is 43.2 Å². The average molecular weight is 460 g/mol. The summed E-state index contributed by atoms with van der Waals surface area (Å²) in [5.41, 5.74) is 0.355. The maximum Gasteiger partial charge on any atom is 0.573 e. The Morgan fingerprint density at radius 3 is 2.26 bits per heavy atom. The molecule has 11 heteroatoms. The molecular weight excluding hydrogens is 440 g/mol. The summed E-state index contributed by atoms with van der Waals surface area (Å²) in [6.07, 6.45) is -4.32. The van der Waals surface area contributed by atoms with Crippen molar-refractivity contribution in [1.29, 1.82) is 0 Å². The van der Waals surface area contributed by atoms with Crippen LogP contribution in [0.2, 0.25) is 0 Å². The second-order valence-corrected chi connectivity index (χ2v) is 8.94. The molecule has 1 N–H and O–H groups in total. The molecule has 2 aromatic carbocycles. The number of halogens is 4. The number of amides is 1. The van der Waals surface area contributed by atoms with Crippen molar-refractivity contribution in [3.05, 3.63) is 59.9 Å². The van der Waals surface area contributed by atoms with E-state index in [1.807, 2.05) is 0 Å². The van der Waals surface area contributed by atoms with Gasteiger partial charge in [0.25, 0.3) is 0 Å². The molecule has 31 heavy (non-hydrogen) atoms. The van der Waals surface area contributed by atoms with Gasteiger partial charge < -0.3 is 10.1 Å². The Hall–Kier alpha value is -2.66. The summed E-state index contributed by atoms with van der Waals surface area (Å²) in [5.74, 6) is -1.64. The maximum atomic E-state index is 13.6. The number of carbonyl (C=O) groups is 1. The van der Waals surface area contributed by atoms with Gasteiger partial charge in [-0.2, -0.15) is 4.31 Å². The van der Waals surface area contributed by atoms with Gasteiger partial charge in [-0.15, -0.1) is 13.2 Å². The number of hydrogen-bond acceptors (Lipinski definition) is 4. The highest BCUT2D eigenvalue weighted by atomic mass is 32.2. The number of ether oxygens (including phenoxy) is 1. The average Bonchev–Trinajstić information content (AvgIpc) is 2.72. The third-order valence-electron chi connectivity index (χ3n) is 4.93. The van der Waals surface area contributed by atoms with Crippen LogP contribution in [0.1, 0.15) is 18.4 Å². The Kier molecular flexibility index (Phi) is 6.85. The number of piperidine rings is 1. The number of alkyl halides is 3. The second-order valence-electron chi connectivity index (χ2n) is 7.01. The first-order valence-electron chi connectivity index (χ1n) is 9.43. The highest BCUT2D eigenvalue weighted by molar-refractivity contribution is 7.89. The van der Waals surface area contributed by atoms with Gasteiger partial charge in [-0.25, -0.2) is 12.8 Å². The molecule has 1 saturated heterocycles. The van der Waals surface area contributed by atoms with E-state index in [-0.39, 0.29) is 43.3 Å². The van der Waals surface area contributed by atoms with E-state index in [2.05, 4.69) is 10.1 Å². The zero-order valence-electron chi connectivity index (χ0n) is 16.2.